The number of fused-ring (bicyclic) bond motifs is 1. The Balaban J connectivity index is 1.58. The van der Waals surface area contributed by atoms with Crippen molar-refractivity contribution in [3.05, 3.63) is 68.7 Å². The van der Waals surface area contributed by atoms with Crippen LogP contribution in [-0.2, 0) is 31.0 Å². The lowest BCUT2D eigenvalue weighted by Gasteiger charge is -2.26. The van der Waals surface area contributed by atoms with Crippen molar-refractivity contribution in [2.45, 2.75) is 72.6 Å². The highest BCUT2D eigenvalue weighted by molar-refractivity contribution is 5.82. The molecule has 1 aliphatic rings. The second-order valence-corrected chi connectivity index (χ2v) is 8.86. The molecule has 32 heavy (non-hydrogen) atoms. The molecule has 4 rings (SSSR count). The number of aryl methyl sites for hydroxylation is 4. The van der Waals surface area contributed by atoms with Gasteiger partial charge in [-0.15, -0.1) is 0 Å². The lowest BCUT2D eigenvalue weighted by molar-refractivity contribution is -0.132. The minimum absolute atomic E-state index is 0.00140. The van der Waals surface area contributed by atoms with E-state index in [4.69, 9.17) is 0 Å². The SMILES string of the molecule is CCn1cc(CN(C)C(=O)C2CCCn3c2nn(Cc2cc(C)ccc2C)c3=O)c(C)n1. The number of aromatic nitrogens is 5. The maximum atomic E-state index is 13.4. The summed E-state index contributed by atoms with van der Waals surface area (Å²) in [4.78, 5) is 28.2. The monoisotopic (exact) mass is 436 g/mol. The lowest BCUT2D eigenvalue weighted by Crippen LogP contribution is -2.36. The van der Waals surface area contributed by atoms with Crippen LogP contribution in [0.2, 0.25) is 0 Å². The van der Waals surface area contributed by atoms with Gasteiger partial charge in [0.15, 0.2) is 0 Å². The summed E-state index contributed by atoms with van der Waals surface area (Å²) >= 11 is 0. The first-order valence-electron chi connectivity index (χ1n) is 11.3. The Labute approximate surface area is 188 Å². The summed E-state index contributed by atoms with van der Waals surface area (Å²) in [5.41, 5.74) is 5.19. The summed E-state index contributed by atoms with van der Waals surface area (Å²) in [6, 6.07) is 6.22. The number of benzene rings is 1. The van der Waals surface area contributed by atoms with Crippen LogP contribution >= 0.6 is 0 Å². The zero-order valence-electron chi connectivity index (χ0n) is 19.6. The van der Waals surface area contributed by atoms with Crippen LogP contribution in [0.15, 0.2) is 29.2 Å². The Morgan fingerprint density at radius 1 is 1.19 bits per heavy atom. The van der Waals surface area contributed by atoms with E-state index in [2.05, 4.69) is 28.4 Å². The molecule has 1 atom stereocenters. The number of nitrogens with zero attached hydrogens (tertiary/aromatic N) is 6. The summed E-state index contributed by atoms with van der Waals surface area (Å²) in [5, 5.41) is 9.12. The molecule has 3 aromatic rings. The molecule has 0 aliphatic carbocycles. The van der Waals surface area contributed by atoms with Gasteiger partial charge in [-0.25, -0.2) is 9.48 Å². The number of carbonyl (C=O) groups is 1. The molecule has 1 unspecified atom stereocenters. The van der Waals surface area contributed by atoms with Crippen LogP contribution in [-0.4, -0.2) is 42.0 Å². The molecule has 0 saturated carbocycles. The largest absolute Gasteiger partial charge is 0.346 e. The van der Waals surface area contributed by atoms with Gasteiger partial charge in [-0.1, -0.05) is 23.8 Å². The highest BCUT2D eigenvalue weighted by atomic mass is 16.2. The van der Waals surface area contributed by atoms with Crippen LogP contribution in [0.5, 0.6) is 0 Å². The van der Waals surface area contributed by atoms with Crippen LogP contribution in [0, 0.1) is 20.8 Å². The van der Waals surface area contributed by atoms with Gasteiger partial charge >= 0.3 is 5.69 Å². The predicted octanol–water partition coefficient (Wildman–Crippen LogP) is 2.77. The minimum atomic E-state index is -0.400. The molecular weight excluding hydrogens is 404 g/mol. The van der Waals surface area contributed by atoms with Crippen molar-refractivity contribution in [1.29, 1.82) is 0 Å². The van der Waals surface area contributed by atoms with E-state index >= 15 is 0 Å². The third-order valence-electron chi connectivity index (χ3n) is 6.42. The Bertz CT molecular complexity index is 1200. The van der Waals surface area contributed by atoms with E-state index in [1.54, 1.807) is 9.47 Å². The number of amides is 1. The van der Waals surface area contributed by atoms with Crippen molar-refractivity contribution in [1.82, 2.24) is 29.0 Å². The topological polar surface area (TPSA) is 78.0 Å². The highest BCUT2D eigenvalue weighted by Gasteiger charge is 2.33. The van der Waals surface area contributed by atoms with E-state index < -0.39 is 5.92 Å². The predicted molar refractivity (Wildman–Crippen MR) is 123 cm³/mol. The molecule has 3 heterocycles. The molecule has 1 aliphatic heterocycles. The number of rotatable bonds is 6. The second kappa shape index (κ2) is 8.76. The van der Waals surface area contributed by atoms with E-state index in [9.17, 15) is 9.59 Å². The Morgan fingerprint density at radius 3 is 2.69 bits per heavy atom. The smallest absolute Gasteiger partial charge is 0.341 e. The Kier molecular flexibility index (Phi) is 6.04. The molecule has 8 heteroatoms. The number of likely N-dealkylation sites (N-methyl/N-ethyl adjacent to an activating group) is 1. The fraction of sp³-hybridized carbons (Fsp3) is 0.500. The highest BCUT2D eigenvalue weighted by Crippen LogP contribution is 2.27. The first-order chi connectivity index (χ1) is 15.3. The zero-order valence-corrected chi connectivity index (χ0v) is 19.6. The van der Waals surface area contributed by atoms with Gasteiger partial charge < -0.3 is 4.90 Å². The Morgan fingerprint density at radius 2 is 1.97 bits per heavy atom. The molecule has 0 radical (unpaired) electrons. The maximum absolute atomic E-state index is 13.4. The van der Waals surface area contributed by atoms with Gasteiger partial charge in [0.2, 0.25) is 5.91 Å². The van der Waals surface area contributed by atoms with Crippen molar-refractivity contribution in [2.24, 2.45) is 0 Å². The normalized spacial score (nSPS) is 15.6. The van der Waals surface area contributed by atoms with Crippen molar-refractivity contribution in [3.63, 3.8) is 0 Å². The summed E-state index contributed by atoms with van der Waals surface area (Å²) in [7, 11) is 1.81. The van der Waals surface area contributed by atoms with E-state index in [1.807, 2.05) is 45.6 Å². The van der Waals surface area contributed by atoms with Crippen LogP contribution in [0.3, 0.4) is 0 Å². The first-order valence-corrected chi connectivity index (χ1v) is 11.3. The van der Waals surface area contributed by atoms with Gasteiger partial charge in [0.05, 0.1) is 18.2 Å². The average molecular weight is 437 g/mol. The third kappa shape index (κ3) is 4.13. The Hall–Kier alpha value is -3.16. The van der Waals surface area contributed by atoms with Crippen LogP contribution in [0.1, 0.15) is 59.5 Å². The fourth-order valence-corrected chi connectivity index (χ4v) is 4.45. The van der Waals surface area contributed by atoms with Crippen LogP contribution in [0.4, 0.5) is 0 Å². The summed E-state index contributed by atoms with van der Waals surface area (Å²) < 4.78 is 5.08. The van der Waals surface area contributed by atoms with E-state index in [-0.39, 0.29) is 11.6 Å². The number of hydrogen-bond acceptors (Lipinski definition) is 4. The standard InChI is InChI=1S/C24H32N6O2/c1-6-28-14-20(18(4)25-28)13-27(5)23(31)21-8-7-11-29-22(21)26-30(24(29)32)15-19-12-16(2)9-10-17(19)3/h9-10,12,14,21H,6-8,11,13,15H2,1-5H3. The number of carbonyl (C=O) groups excluding carboxylic acids is 1. The average Bonchev–Trinajstić information content (AvgIpc) is 3.29. The summed E-state index contributed by atoms with van der Waals surface area (Å²) in [5.74, 6) is 0.186. The molecule has 0 N–H and O–H groups in total. The van der Waals surface area contributed by atoms with Gasteiger partial charge in [-0.3, -0.25) is 14.0 Å². The van der Waals surface area contributed by atoms with Gasteiger partial charge in [0.25, 0.3) is 0 Å². The first kappa shape index (κ1) is 22.0. The van der Waals surface area contributed by atoms with Crippen molar-refractivity contribution < 1.29 is 4.79 Å². The van der Waals surface area contributed by atoms with E-state index in [0.717, 1.165) is 40.9 Å². The molecule has 170 valence electrons. The molecule has 0 saturated heterocycles. The van der Waals surface area contributed by atoms with Crippen molar-refractivity contribution in [2.75, 3.05) is 7.05 Å². The van der Waals surface area contributed by atoms with Crippen LogP contribution < -0.4 is 5.69 Å². The minimum Gasteiger partial charge on any atom is -0.341 e. The second-order valence-electron chi connectivity index (χ2n) is 8.86. The molecule has 1 amide bonds. The van der Waals surface area contributed by atoms with Crippen molar-refractivity contribution in [3.8, 4) is 0 Å². The molecule has 2 aromatic heterocycles. The molecule has 0 bridgehead atoms. The van der Waals surface area contributed by atoms with Crippen molar-refractivity contribution >= 4 is 5.91 Å². The number of hydrogen-bond donors (Lipinski definition) is 0. The molecule has 0 fully saturated rings. The van der Waals surface area contributed by atoms with E-state index in [0.29, 0.717) is 31.9 Å². The third-order valence-corrected chi connectivity index (χ3v) is 6.42. The summed E-state index contributed by atoms with van der Waals surface area (Å²) in [6.07, 6.45) is 3.49. The molecular formula is C24H32N6O2. The molecule has 1 aromatic carbocycles. The maximum Gasteiger partial charge on any atom is 0.346 e. The molecule has 8 nitrogen and oxygen atoms in total. The van der Waals surface area contributed by atoms with Crippen LogP contribution in [0.25, 0.3) is 0 Å². The van der Waals surface area contributed by atoms with Gasteiger partial charge in [0.1, 0.15) is 5.82 Å². The summed E-state index contributed by atoms with van der Waals surface area (Å²) in [6.45, 7) is 10.4. The van der Waals surface area contributed by atoms with Gasteiger partial charge in [-0.05, 0) is 51.7 Å². The van der Waals surface area contributed by atoms with Gasteiger partial charge in [-0.2, -0.15) is 10.2 Å². The molecule has 0 spiro atoms. The lowest BCUT2D eigenvalue weighted by atomic mass is 9.97. The van der Waals surface area contributed by atoms with E-state index in [1.165, 1.54) is 4.68 Å². The van der Waals surface area contributed by atoms with Gasteiger partial charge in [0, 0.05) is 38.4 Å². The fourth-order valence-electron chi connectivity index (χ4n) is 4.45. The quantitative estimate of drug-likeness (QED) is 0.595. The zero-order chi connectivity index (χ0) is 23.0.